The summed E-state index contributed by atoms with van der Waals surface area (Å²) in [4.78, 5) is 0. The normalized spacial score (nSPS) is 15.5. The fourth-order valence-electron chi connectivity index (χ4n) is 1.70. The molecule has 0 atom stereocenters. The van der Waals surface area contributed by atoms with Gasteiger partial charge in [0.25, 0.3) is 0 Å². The van der Waals surface area contributed by atoms with Crippen molar-refractivity contribution in [1.29, 1.82) is 0 Å². The fraction of sp³-hybridized carbons (Fsp3) is 0.250. The summed E-state index contributed by atoms with van der Waals surface area (Å²) in [5, 5.41) is 5.29. The molecule has 0 spiro atoms. The van der Waals surface area contributed by atoms with Gasteiger partial charge in [0.2, 0.25) is 0 Å². The molecule has 0 aliphatic heterocycles. The van der Waals surface area contributed by atoms with Gasteiger partial charge in [-0.05, 0) is 37.1 Å². The Kier molecular flexibility index (Phi) is 2.03. The highest BCUT2D eigenvalue weighted by Crippen LogP contribution is 2.39. The van der Waals surface area contributed by atoms with Gasteiger partial charge in [-0.1, -0.05) is 17.7 Å². The monoisotopic (exact) mass is 218 g/mol. The lowest BCUT2D eigenvalue weighted by molar-refractivity contribution is 0.837. The summed E-state index contributed by atoms with van der Waals surface area (Å²) in [6.07, 6.45) is 4.57. The Morgan fingerprint density at radius 3 is 2.87 bits per heavy atom. The van der Waals surface area contributed by atoms with E-state index in [-0.39, 0.29) is 0 Å². The van der Waals surface area contributed by atoms with Crippen molar-refractivity contribution in [3.8, 4) is 5.69 Å². The SMILES string of the molecule is Clc1cccc(-n2ccc(C3CC3)n2)c1. The van der Waals surface area contributed by atoms with E-state index in [0.717, 1.165) is 10.7 Å². The molecule has 3 heteroatoms. The molecule has 1 heterocycles. The van der Waals surface area contributed by atoms with E-state index in [2.05, 4.69) is 11.2 Å². The van der Waals surface area contributed by atoms with Gasteiger partial charge in [-0.3, -0.25) is 0 Å². The molecule has 1 aromatic heterocycles. The minimum absolute atomic E-state index is 0.699. The summed E-state index contributed by atoms with van der Waals surface area (Å²) >= 11 is 5.94. The summed E-state index contributed by atoms with van der Waals surface area (Å²) < 4.78 is 1.89. The van der Waals surface area contributed by atoms with Crippen molar-refractivity contribution in [2.75, 3.05) is 0 Å². The lowest BCUT2D eigenvalue weighted by atomic mass is 10.3. The zero-order valence-electron chi connectivity index (χ0n) is 8.23. The highest BCUT2D eigenvalue weighted by Gasteiger charge is 2.25. The van der Waals surface area contributed by atoms with Crippen molar-refractivity contribution in [2.24, 2.45) is 0 Å². The summed E-state index contributed by atoms with van der Waals surface area (Å²) in [6.45, 7) is 0. The van der Waals surface area contributed by atoms with Crippen LogP contribution in [0.3, 0.4) is 0 Å². The first-order valence-corrected chi connectivity index (χ1v) is 5.52. The molecule has 1 saturated carbocycles. The summed E-state index contributed by atoms with van der Waals surface area (Å²) in [6, 6.07) is 9.84. The first-order valence-electron chi connectivity index (χ1n) is 5.14. The molecule has 1 aliphatic rings. The fourth-order valence-corrected chi connectivity index (χ4v) is 1.88. The van der Waals surface area contributed by atoms with E-state index in [4.69, 9.17) is 11.6 Å². The first kappa shape index (κ1) is 8.98. The number of halogens is 1. The molecule has 0 bridgehead atoms. The van der Waals surface area contributed by atoms with Crippen molar-refractivity contribution in [2.45, 2.75) is 18.8 Å². The number of nitrogens with zero attached hydrogens (tertiary/aromatic N) is 2. The minimum Gasteiger partial charge on any atom is -0.241 e. The van der Waals surface area contributed by atoms with Crippen LogP contribution in [-0.4, -0.2) is 9.78 Å². The Morgan fingerprint density at radius 2 is 2.13 bits per heavy atom. The first-order chi connectivity index (χ1) is 7.33. The van der Waals surface area contributed by atoms with Crippen LogP contribution in [-0.2, 0) is 0 Å². The number of hydrogen-bond acceptors (Lipinski definition) is 1. The molecular weight excluding hydrogens is 208 g/mol. The third-order valence-electron chi connectivity index (χ3n) is 2.68. The standard InChI is InChI=1S/C12H11ClN2/c13-10-2-1-3-11(8-10)15-7-6-12(14-15)9-4-5-9/h1-3,6-9H,4-5H2. The molecule has 0 saturated heterocycles. The lowest BCUT2D eigenvalue weighted by Gasteiger charge is -2.00. The van der Waals surface area contributed by atoms with E-state index in [1.807, 2.05) is 35.1 Å². The maximum atomic E-state index is 5.94. The van der Waals surface area contributed by atoms with Crippen LogP contribution in [0.15, 0.2) is 36.5 Å². The molecule has 0 radical (unpaired) electrons. The molecule has 2 nitrogen and oxygen atoms in total. The van der Waals surface area contributed by atoms with Gasteiger partial charge in [0, 0.05) is 17.1 Å². The maximum absolute atomic E-state index is 5.94. The van der Waals surface area contributed by atoms with E-state index in [1.54, 1.807) is 0 Å². The minimum atomic E-state index is 0.699. The molecule has 3 rings (SSSR count). The Hall–Kier alpha value is -1.28. The van der Waals surface area contributed by atoms with Crippen LogP contribution in [0.2, 0.25) is 5.02 Å². The number of hydrogen-bond donors (Lipinski definition) is 0. The molecule has 0 amide bonds. The van der Waals surface area contributed by atoms with Gasteiger partial charge in [0.1, 0.15) is 0 Å². The van der Waals surface area contributed by atoms with Crippen LogP contribution in [0.25, 0.3) is 5.69 Å². The average molecular weight is 219 g/mol. The Balaban J connectivity index is 1.97. The maximum Gasteiger partial charge on any atom is 0.0660 e. The molecule has 0 N–H and O–H groups in total. The van der Waals surface area contributed by atoms with Crippen molar-refractivity contribution in [3.63, 3.8) is 0 Å². The van der Waals surface area contributed by atoms with Gasteiger partial charge < -0.3 is 0 Å². The largest absolute Gasteiger partial charge is 0.241 e. The summed E-state index contributed by atoms with van der Waals surface area (Å²) in [5.74, 6) is 0.699. The van der Waals surface area contributed by atoms with Gasteiger partial charge >= 0.3 is 0 Å². The van der Waals surface area contributed by atoms with Gasteiger partial charge in [-0.15, -0.1) is 0 Å². The zero-order valence-corrected chi connectivity index (χ0v) is 8.98. The van der Waals surface area contributed by atoms with Crippen LogP contribution < -0.4 is 0 Å². The Bertz CT molecular complexity index is 486. The molecule has 1 fully saturated rings. The molecule has 1 aromatic carbocycles. The van der Waals surface area contributed by atoms with Crippen molar-refractivity contribution >= 4 is 11.6 Å². The third kappa shape index (κ3) is 1.77. The van der Waals surface area contributed by atoms with Gasteiger partial charge in [-0.2, -0.15) is 5.10 Å². The average Bonchev–Trinajstić information content (AvgIpc) is 2.97. The van der Waals surface area contributed by atoms with Gasteiger partial charge in [0.05, 0.1) is 11.4 Å². The topological polar surface area (TPSA) is 17.8 Å². The molecule has 1 aliphatic carbocycles. The molecular formula is C12H11ClN2. The predicted molar refractivity (Wildman–Crippen MR) is 60.5 cm³/mol. The second kappa shape index (κ2) is 3.38. The van der Waals surface area contributed by atoms with Gasteiger partial charge in [0.15, 0.2) is 0 Å². The molecule has 0 unspecified atom stereocenters. The van der Waals surface area contributed by atoms with Crippen molar-refractivity contribution in [3.05, 3.63) is 47.2 Å². The summed E-state index contributed by atoms with van der Waals surface area (Å²) in [5.41, 5.74) is 2.23. The Morgan fingerprint density at radius 1 is 1.27 bits per heavy atom. The second-order valence-electron chi connectivity index (χ2n) is 3.94. The Labute approximate surface area is 93.5 Å². The van der Waals surface area contributed by atoms with Crippen molar-refractivity contribution in [1.82, 2.24) is 9.78 Å². The molecule has 2 aromatic rings. The zero-order chi connectivity index (χ0) is 10.3. The lowest BCUT2D eigenvalue weighted by Crippen LogP contribution is -1.95. The predicted octanol–water partition coefficient (Wildman–Crippen LogP) is 3.40. The number of aromatic nitrogens is 2. The van der Waals surface area contributed by atoms with Crippen LogP contribution in [0.1, 0.15) is 24.5 Å². The number of rotatable bonds is 2. The van der Waals surface area contributed by atoms with E-state index >= 15 is 0 Å². The van der Waals surface area contributed by atoms with Crippen LogP contribution in [0.5, 0.6) is 0 Å². The van der Waals surface area contributed by atoms with Crippen LogP contribution in [0.4, 0.5) is 0 Å². The highest BCUT2D eigenvalue weighted by molar-refractivity contribution is 6.30. The van der Waals surface area contributed by atoms with Crippen LogP contribution in [0, 0.1) is 0 Å². The van der Waals surface area contributed by atoms with E-state index < -0.39 is 0 Å². The van der Waals surface area contributed by atoms with E-state index in [9.17, 15) is 0 Å². The van der Waals surface area contributed by atoms with E-state index in [0.29, 0.717) is 5.92 Å². The smallest absolute Gasteiger partial charge is 0.0660 e. The van der Waals surface area contributed by atoms with E-state index in [1.165, 1.54) is 18.5 Å². The quantitative estimate of drug-likeness (QED) is 0.756. The summed E-state index contributed by atoms with van der Waals surface area (Å²) in [7, 11) is 0. The third-order valence-corrected chi connectivity index (χ3v) is 2.91. The second-order valence-corrected chi connectivity index (χ2v) is 4.38. The molecule has 15 heavy (non-hydrogen) atoms. The van der Waals surface area contributed by atoms with Gasteiger partial charge in [-0.25, -0.2) is 4.68 Å². The molecule has 76 valence electrons. The van der Waals surface area contributed by atoms with Crippen molar-refractivity contribution < 1.29 is 0 Å². The highest BCUT2D eigenvalue weighted by atomic mass is 35.5. The number of benzene rings is 1. The van der Waals surface area contributed by atoms with Crippen LogP contribution >= 0.6 is 11.6 Å².